The van der Waals surface area contributed by atoms with E-state index in [1.54, 1.807) is 0 Å². The van der Waals surface area contributed by atoms with E-state index in [4.69, 9.17) is 19.9 Å². The number of rotatable bonds is 6. The van der Waals surface area contributed by atoms with E-state index in [-0.39, 0.29) is 0 Å². The maximum atomic E-state index is 5.41. The van der Waals surface area contributed by atoms with Gasteiger partial charge in [-0.2, -0.15) is 0 Å². The largest absolute Gasteiger partial charge is 0.247 e. The van der Waals surface area contributed by atoms with E-state index >= 15 is 0 Å². The van der Waals surface area contributed by atoms with Gasteiger partial charge in [0.2, 0.25) is 0 Å². The molecule has 0 aliphatic heterocycles. The van der Waals surface area contributed by atoms with Crippen molar-refractivity contribution in [1.82, 2.24) is 19.9 Å². The molecule has 57 heavy (non-hydrogen) atoms. The SMILES string of the molecule is c1ccc(-c2cccc(-c3nc(-c4ccccc4)nc(-c4ccc(-c5cccc(-c6nc7ccc8ccccc8c7c7sc8ccccc8c67)c5)cc4)n3)c2)cc1. The van der Waals surface area contributed by atoms with Crippen molar-refractivity contribution in [3.05, 3.63) is 194 Å². The lowest BCUT2D eigenvalue weighted by molar-refractivity contribution is 1.07. The van der Waals surface area contributed by atoms with Crippen LogP contribution in [0.25, 0.3) is 110 Å². The molecule has 0 amide bonds. The van der Waals surface area contributed by atoms with Crippen LogP contribution in [0.5, 0.6) is 0 Å². The Morgan fingerprint density at radius 3 is 1.56 bits per heavy atom. The van der Waals surface area contributed by atoms with Crippen LogP contribution >= 0.6 is 11.3 Å². The number of nitrogens with zero attached hydrogens (tertiary/aromatic N) is 4. The molecule has 4 nitrogen and oxygen atoms in total. The highest BCUT2D eigenvalue weighted by Crippen LogP contribution is 2.45. The molecule has 0 bridgehead atoms. The maximum absolute atomic E-state index is 5.41. The molecule has 3 heterocycles. The van der Waals surface area contributed by atoms with E-state index in [1.165, 1.54) is 36.3 Å². The van der Waals surface area contributed by atoms with Crippen LogP contribution in [0.15, 0.2) is 194 Å². The summed E-state index contributed by atoms with van der Waals surface area (Å²) < 4.78 is 2.55. The fraction of sp³-hybridized carbons (Fsp3) is 0. The first kappa shape index (κ1) is 33.0. The van der Waals surface area contributed by atoms with Crippen LogP contribution in [0.4, 0.5) is 0 Å². The van der Waals surface area contributed by atoms with Crippen molar-refractivity contribution in [2.24, 2.45) is 0 Å². The molecule has 0 aliphatic rings. The number of pyridine rings is 1. The van der Waals surface area contributed by atoms with Gasteiger partial charge in [0.25, 0.3) is 0 Å². The van der Waals surface area contributed by atoms with Gasteiger partial charge in [-0.3, -0.25) is 0 Å². The molecule has 5 heteroatoms. The van der Waals surface area contributed by atoms with Gasteiger partial charge in [0.15, 0.2) is 17.5 Å². The predicted octanol–water partition coefficient (Wildman–Crippen LogP) is 13.9. The van der Waals surface area contributed by atoms with Crippen molar-refractivity contribution in [3.8, 4) is 67.7 Å². The Bertz CT molecular complexity index is 3280. The molecule has 8 aromatic carbocycles. The van der Waals surface area contributed by atoms with E-state index in [1.807, 2.05) is 47.7 Å². The van der Waals surface area contributed by atoms with Crippen molar-refractivity contribution >= 4 is 53.2 Å². The van der Waals surface area contributed by atoms with Crippen molar-refractivity contribution in [1.29, 1.82) is 0 Å². The molecule has 3 aromatic heterocycles. The van der Waals surface area contributed by atoms with Gasteiger partial charge in [-0.25, -0.2) is 19.9 Å². The fourth-order valence-corrected chi connectivity index (χ4v) is 9.18. The van der Waals surface area contributed by atoms with Crippen LogP contribution in [0.2, 0.25) is 0 Å². The van der Waals surface area contributed by atoms with E-state index in [0.717, 1.165) is 55.7 Å². The third-order valence-corrected chi connectivity index (χ3v) is 11.9. The molecule has 266 valence electrons. The molecule has 0 radical (unpaired) electrons. The van der Waals surface area contributed by atoms with Crippen LogP contribution in [-0.4, -0.2) is 19.9 Å². The van der Waals surface area contributed by atoms with Gasteiger partial charge in [-0.15, -0.1) is 11.3 Å². The topological polar surface area (TPSA) is 51.6 Å². The molecule has 11 rings (SSSR count). The number of hydrogen-bond acceptors (Lipinski definition) is 5. The highest BCUT2D eigenvalue weighted by atomic mass is 32.1. The van der Waals surface area contributed by atoms with E-state index in [9.17, 15) is 0 Å². The highest BCUT2D eigenvalue weighted by molar-refractivity contribution is 7.27. The molecule has 11 aromatic rings. The third kappa shape index (κ3) is 5.93. The summed E-state index contributed by atoms with van der Waals surface area (Å²) in [6, 6.07) is 67.9. The maximum Gasteiger partial charge on any atom is 0.164 e. The number of hydrogen-bond donors (Lipinski definition) is 0. The Kier molecular flexibility index (Phi) is 7.97. The zero-order chi connectivity index (χ0) is 37.7. The Hall–Kier alpha value is -7.34. The second-order valence-electron chi connectivity index (χ2n) is 14.2. The molecule has 0 N–H and O–H groups in total. The fourth-order valence-electron chi connectivity index (χ4n) is 7.91. The van der Waals surface area contributed by atoms with Gasteiger partial charge in [-0.05, 0) is 57.3 Å². The van der Waals surface area contributed by atoms with Crippen molar-refractivity contribution in [3.63, 3.8) is 0 Å². The van der Waals surface area contributed by atoms with Crippen molar-refractivity contribution in [2.45, 2.75) is 0 Å². The molecule has 0 saturated heterocycles. The zero-order valence-electron chi connectivity index (χ0n) is 30.7. The normalized spacial score (nSPS) is 11.5. The molecule has 0 atom stereocenters. The van der Waals surface area contributed by atoms with Gasteiger partial charge in [-0.1, -0.05) is 170 Å². The minimum atomic E-state index is 0.629. The second-order valence-corrected chi connectivity index (χ2v) is 15.3. The highest BCUT2D eigenvalue weighted by Gasteiger charge is 2.19. The first-order valence-corrected chi connectivity index (χ1v) is 19.9. The Morgan fingerprint density at radius 2 is 0.825 bits per heavy atom. The second kappa shape index (κ2) is 13.7. The van der Waals surface area contributed by atoms with Crippen LogP contribution in [0.3, 0.4) is 0 Å². The summed E-state index contributed by atoms with van der Waals surface area (Å²) in [5.74, 6) is 1.90. The lowest BCUT2D eigenvalue weighted by atomic mass is 9.96. The molecule has 0 aliphatic carbocycles. The Labute approximate surface area is 333 Å². The molecule has 0 fully saturated rings. The first-order valence-electron chi connectivity index (χ1n) is 19.0. The average molecular weight is 745 g/mol. The summed E-state index contributed by atoms with van der Waals surface area (Å²) in [7, 11) is 0. The number of aromatic nitrogens is 4. The van der Waals surface area contributed by atoms with E-state index < -0.39 is 0 Å². The summed E-state index contributed by atoms with van der Waals surface area (Å²) in [5.41, 5.74) is 10.4. The minimum absolute atomic E-state index is 0.629. The minimum Gasteiger partial charge on any atom is -0.247 e. The quantitative estimate of drug-likeness (QED) is 0.159. The summed E-state index contributed by atoms with van der Waals surface area (Å²) in [6.07, 6.45) is 0. The van der Waals surface area contributed by atoms with Gasteiger partial charge in [0.05, 0.1) is 11.2 Å². The van der Waals surface area contributed by atoms with Crippen LogP contribution in [0, 0.1) is 0 Å². The summed E-state index contributed by atoms with van der Waals surface area (Å²) in [4.78, 5) is 20.4. The monoisotopic (exact) mass is 744 g/mol. The zero-order valence-corrected chi connectivity index (χ0v) is 31.5. The van der Waals surface area contributed by atoms with Gasteiger partial charge in [0, 0.05) is 47.8 Å². The number of benzene rings is 8. The van der Waals surface area contributed by atoms with E-state index in [2.05, 4.69) is 158 Å². The first-order chi connectivity index (χ1) is 28.2. The van der Waals surface area contributed by atoms with Crippen LogP contribution in [-0.2, 0) is 0 Å². The smallest absolute Gasteiger partial charge is 0.164 e. The Balaban J connectivity index is 1.00. The van der Waals surface area contributed by atoms with Crippen molar-refractivity contribution < 1.29 is 0 Å². The van der Waals surface area contributed by atoms with Crippen molar-refractivity contribution in [2.75, 3.05) is 0 Å². The van der Waals surface area contributed by atoms with Gasteiger partial charge >= 0.3 is 0 Å². The van der Waals surface area contributed by atoms with Gasteiger partial charge in [0.1, 0.15) is 0 Å². The summed E-state index contributed by atoms with van der Waals surface area (Å²) in [6.45, 7) is 0. The van der Waals surface area contributed by atoms with E-state index in [0.29, 0.717) is 17.5 Å². The van der Waals surface area contributed by atoms with Crippen LogP contribution < -0.4 is 0 Å². The van der Waals surface area contributed by atoms with Crippen LogP contribution in [0.1, 0.15) is 0 Å². The number of fused-ring (bicyclic) bond motifs is 7. The molecule has 0 saturated carbocycles. The average Bonchev–Trinajstić information content (AvgIpc) is 3.69. The Morgan fingerprint density at radius 1 is 0.316 bits per heavy atom. The number of thiophene rings is 1. The molecule has 0 unspecified atom stereocenters. The summed E-state index contributed by atoms with van der Waals surface area (Å²) >= 11 is 1.86. The molecular weight excluding hydrogens is 713 g/mol. The molecular formula is C52H32N4S. The van der Waals surface area contributed by atoms with Gasteiger partial charge < -0.3 is 0 Å². The molecule has 0 spiro atoms. The lowest BCUT2D eigenvalue weighted by Gasteiger charge is -2.12. The predicted molar refractivity (Wildman–Crippen MR) is 238 cm³/mol. The third-order valence-electron chi connectivity index (χ3n) is 10.7. The lowest BCUT2D eigenvalue weighted by Crippen LogP contribution is -2.00. The summed E-state index contributed by atoms with van der Waals surface area (Å²) in [5, 5.41) is 6.14. The standard InChI is InChI=1S/C52H32N4S/c1-3-13-33(14-4-1)39-19-12-21-41(32-39)52-55-50(36-16-5-2-6-17-36)54-51(56-52)37-27-25-34(26-28-37)38-18-11-20-40(31-38)48-47-43-23-9-10-24-45(43)57-49(47)46-42-22-8-7-15-35(42)29-30-44(46)53-48/h1-32H.